The zero-order valence-electron chi connectivity index (χ0n) is 11.6. The van der Waals surface area contributed by atoms with Crippen molar-refractivity contribution in [1.29, 1.82) is 0 Å². The Morgan fingerprint density at radius 1 is 1.16 bits per heavy atom. The molecule has 2 fully saturated rings. The van der Waals surface area contributed by atoms with E-state index in [1.54, 1.807) is 0 Å². The lowest BCUT2D eigenvalue weighted by Crippen LogP contribution is -2.34. The summed E-state index contributed by atoms with van der Waals surface area (Å²) in [6.07, 6.45) is 7.10. The monoisotopic (exact) mass is 265 g/mol. The highest BCUT2D eigenvalue weighted by molar-refractivity contribution is 5.04. The predicted octanol–water partition coefficient (Wildman–Crippen LogP) is 2.21. The lowest BCUT2D eigenvalue weighted by molar-refractivity contribution is 0.0773. The summed E-state index contributed by atoms with van der Waals surface area (Å²) in [5.74, 6) is 2.36. The maximum Gasteiger partial charge on any atom is 0.231 e. The van der Waals surface area contributed by atoms with E-state index in [4.69, 9.17) is 9.26 Å². The molecule has 3 rings (SSSR count). The van der Waals surface area contributed by atoms with Gasteiger partial charge in [0.2, 0.25) is 5.89 Å². The first-order chi connectivity index (χ1) is 9.38. The molecule has 0 radical (unpaired) electrons. The Labute approximate surface area is 114 Å². The molecule has 3 atom stereocenters. The first-order valence-electron chi connectivity index (χ1n) is 7.47. The SMILES string of the molecule is CNC1CCCCC1c1nc(C2CCCOC2)no1. The standard InChI is InChI=1S/C14H23N3O2/c1-15-12-7-3-2-6-11(12)14-16-13(17-19-14)10-5-4-8-18-9-10/h10-12,15H,2-9H2,1H3. The van der Waals surface area contributed by atoms with Gasteiger partial charge < -0.3 is 14.6 Å². The quantitative estimate of drug-likeness (QED) is 0.908. The number of aromatic nitrogens is 2. The van der Waals surface area contributed by atoms with E-state index in [1.165, 1.54) is 19.3 Å². The van der Waals surface area contributed by atoms with Gasteiger partial charge in [-0.1, -0.05) is 18.0 Å². The van der Waals surface area contributed by atoms with E-state index in [1.807, 2.05) is 7.05 Å². The lowest BCUT2D eigenvalue weighted by atomic mass is 9.84. The highest BCUT2D eigenvalue weighted by Crippen LogP contribution is 2.33. The molecular weight excluding hydrogens is 242 g/mol. The maximum atomic E-state index is 5.53. The van der Waals surface area contributed by atoms with Gasteiger partial charge in [-0.25, -0.2) is 0 Å². The Kier molecular flexibility index (Phi) is 4.13. The Hall–Kier alpha value is -0.940. The molecule has 0 aromatic carbocycles. The Balaban J connectivity index is 1.72. The van der Waals surface area contributed by atoms with Crippen LogP contribution >= 0.6 is 0 Å². The van der Waals surface area contributed by atoms with Crippen LogP contribution in [0.3, 0.4) is 0 Å². The van der Waals surface area contributed by atoms with Crippen LogP contribution in [0.1, 0.15) is 62.1 Å². The summed E-state index contributed by atoms with van der Waals surface area (Å²) in [6.45, 7) is 1.60. The summed E-state index contributed by atoms with van der Waals surface area (Å²) in [4.78, 5) is 4.66. The third kappa shape index (κ3) is 2.82. The number of nitrogens with one attached hydrogen (secondary N) is 1. The molecule has 2 aliphatic rings. The van der Waals surface area contributed by atoms with Gasteiger partial charge in [-0.05, 0) is 32.7 Å². The van der Waals surface area contributed by atoms with Crippen molar-refractivity contribution in [3.63, 3.8) is 0 Å². The number of hydrogen-bond donors (Lipinski definition) is 1. The molecule has 0 bridgehead atoms. The second kappa shape index (κ2) is 6.01. The second-order valence-corrected chi connectivity index (χ2v) is 5.69. The van der Waals surface area contributed by atoms with Crippen LogP contribution in [0.4, 0.5) is 0 Å². The Morgan fingerprint density at radius 3 is 2.84 bits per heavy atom. The molecule has 5 heteroatoms. The van der Waals surface area contributed by atoms with E-state index >= 15 is 0 Å². The summed E-state index contributed by atoms with van der Waals surface area (Å²) in [6, 6.07) is 0.477. The number of ether oxygens (including phenoxy) is 1. The minimum Gasteiger partial charge on any atom is -0.381 e. The van der Waals surface area contributed by atoms with Gasteiger partial charge in [0.1, 0.15) is 0 Å². The molecule has 1 aromatic rings. The summed E-state index contributed by atoms with van der Waals surface area (Å²) in [5.41, 5.74) is 0. The number of rotatable bonds is 3. The molecule has 1 aliphatic heterocycles. The van der Waals surface area contributed by atoms with Crippen molar-refractivity contribution in [2.75, 3.05) is 20.3 Å². The molecule has 19 heavy (non-hydrogen) atoms. The first-order valence-corrected chi connectivity index (χ1v) is 7.47. The van der Waals surface area contributed by atoms with Gasteiger partial charge in [-0.3, -0.25) is 0 Å². The van der Waals surface area contributed by atoms with Crippen molar-refractivity contribution in [2.24, 2.45) is 0 Å². The first kappa shape index (κ1) is 13.1. The highest BCUT2D eigenvalue weighted by Gasteiger charge is 2.31. The average Bonchev–Trinajstić information content (AvgIpc) is 2.98. The number of likely N-dealkylation sites (N-methyl/N-ethyl adjacent to an activating group) is 1. The minimum absolute atomic E-state index is 0.322. The fourth-order valence-corrected chi connectivity index (χ4v) is 3.28. The van der Waals surface area contributed by atoms with Crippen molar-refractivity contribution >= 4 is 0 Å². The normalized spacial score (nSPS) is 32.4. The smallest absolute Gasteiger partial charge is 0.231 e. The van der Waals surface area contributed by atoms with Crippen LogP contribution in [0.15, 0.2) is 4.52 Å². The fraction of sp³-hybridized carbons (Fsp3) is 0.857. The number of hydrogen-bond acceptors (Lipinski definition) is 5. The molecule has 0 spiro atoms. The van der Waals surface area contributed by atoms with Gasteiger partial charge >= 0.3 is 0 Å². The van der Waals surface area contributed by atoms with Crippen LogP contribution in [-0.2, 0) is 4.74 Å². The van der Waals surface area contributed by atoms with Gasteiger partial charge in [-0.2, -0.15) is 4.98 Å². The van der Waals surface area contributed by atoms with Gasteiger partial charge in [0.05, 0.1) is 12.5 Å². The predicted molar refractivity (Wildman–Crippen MR) is 71.1 cm³/mol. The van der Waals surface area contributed by atoms with Crippen molar-refractivity contribution in [3.8, 4) is 0 Å². The molecule has 1 aliphatic carbocycles. The van der Waals surface area contributed by atoms with Crippen molar-refractivity contribution in [3.05, 3.63) is 11.7 Å². The van der Waals surface area contributed by atoms with Crippen LogP contribution in [0.25, 0.3) is 0 Å². The van der Waals surface area contributed by atoms with Gasteiger partial charge in [0.15, 0.2) is 5.82 Å². The van der Waals surface area contributed by atoms with E-state index in [-0.39, 0.29) is 0 Å². The molecule has 106 valence electrons. The molecule has 1 aromatic heterocycles. The summed E-state index contributed by atoms with van der Waals surface area (Å²) in [7, 11) is 2.02. The molecule has 1 N–H and O–H groups in total. The maximum absolute atomic E-state index is 5.53. The van der Waals surface area contributed by atoms with Gasteiger partial charge in [0, 0.05) is 18.6 Å². The van der Waals surface area contributed by atoms with Crippen LogP contribution in [0.5, 0.6) is 0 Å². The van der Waals surface area contributed by atoms with E-state index in [0.29, 0.717) is 17.9 Å². The largest absolute Gasteiger partial charge is 0.381 e. The van der Waals surface area contributed by atoms with Crippen LogP contribution in [0.2, 0.25) is 0 Å². The molecule has 3 unspecified atom stereocenters. The summed E-state index contributed by atoms with van der Waals surface area (Å²) >= 11 is 0. The third-order valence-corrected chi connectivity index (χ3v) is 4.44. The molecule has 1 saturated carbocycles. The van der Waals surface area contributed by atoms with Gasteiger partial charge in [0.25, 0.3) is 0 Å². The Bertz CT molecular complexity index is 401. The highest BCUT2D eigenvalue weighted by atomic mass is 16.5. The third-order valence-electron chi connectivity index (χ3n) is 4.44. The fourth-order valence-electron chi connectivity index (χ4n) is 3.28. The Morgan fingerprint density at radius 2 is 2.05 bits per heavy atom. The molecule has 5 nitrogen and oxygen atoms in total. The zero-order valence-corrected chi connectivity index (χ0v) is 11.6. The molecular formula is C14H23N3O2. The van der Waals surface area contributed by atoms with Crippen LogP contribution in [0, 0.1) is 0 Å². The number of nitrogens with zero attached hydrogens (tertiary/aromatic N) is 2. The summed E-state index contributed by atoms with van der Waals surface area (Å²) in [5, 5.41) is 7.58. The van der Waals surface area contributed by atoms with Crippen molar-refractivity contribution < 1.29 is 9.26 Å². The van der Waals surface area contributed by atoms with Crippen LogP contribution < -0.4 is 5.32 Å². The molecule has 2 heterocycles. The van der Waals surface area contributed by atoms with E-state index in [9.17, 15) is 0 Å². The van der Waals surface area contributed by atoms with E-state index < -0.39 is 0 Å². The lowest BCUT2D eigenvalue weighted by Gasteiger charge is -2.28. The molecule has 1 saturated heterocycles. The van der Waals surface area contributed by atoms with Crippen molar-refractivity contribution in [1.82, 2.24) is 15.5 Å². The molecule has 0 amide bonds. The van der Waals surface area contributed by atoms with Gasteiger partial charge in [-0.15, -0.1) is 0 Å². The van der Waals surface area contributed by atoms with Crippen molar-refractivity contribution in [2.45, 2.75) is 56.4 Å². The van der Waals surface area contributed by atoms with Crippen LogP contribution in [-0.4, -0.2) is 36.4 Å². The minimum atomic E-state index is 0.322. The van der Waals surface area contributed by atoms with E-state index in [2.05, 4.69) is 15.5 Å². The second-order valence-electron chi connectivity index (χ2n) is 5.69. The topological polar surface area (TPSA) is 60.2 Å². The zero-order chi connectivity index (χ0) is 13.1. The average molecular weight is 265 g/mol. The summed E-state index contributed by atoms with van der Waals surface area (Å²) < 4.78 is 11.0. The van der Waals surface area contributed by atoms with E-state index in [0.717, 1.165) is 44.2 Å².